The molecule has 1 aliphatic heterocycles. The van der Waals surface area contributed by atoms with E-state index >= 15 is 0 Å². The van der Waals surface area contributed by atoms with E-state index in [0.717, 1.165) is 38.1 Å². The second-order valence-corrected chi connectivity index (χ2v) is 7.56. The summed E-state index contributed by atoms with van der Waals surface area (Å²) in [5, 5.41) is 3.68. The fourth-order valence-electron chi connectivity index (χ4n) is 2.95. The lowest BCUT2D eigenvalue weighted by atomic mass is 9.79. The van der Waals surface area contributed by atoms with Crippen LogP contribution < -0.4 is 5.32 Å². The number of hydrogen-bond donors (Lipinski definition) is 1. The first-order valence-electron chi connectivity index (χ1n) is 8.40. The lowest BCUT2D eigenvalue weighted by Gasteiger charge is -2.40. The van der Waals surface area contributed by atoms with Crippen molar-refractivity contribution < 1.29 is 4.74 Å². The molecule has 1 rings (SSSR count). The van der Waals surface area contributed by atoms with E-state index in [9.17, 15) is 0 Å². The summed E-state index contributed by atoms with van der Waals surface area (Å²) in [6.45, 7) is 15.7. The Labute approximate surface area is 126 Å². The van der Waals surface area contributed by atoms with Crippen LogP contribution in [0.2, 0.25) is 0 Å². The van der Waals surface area contributed by atoms with Crippen molar-refractivity contribution in [2.24, 2.45) is 17.3 Å². The maximum absolute atomic E-state index is 5.59. The molecule has 1 aliphatic rings. The van der Waals surface area contributed by atoms with E-state index in [0.29, 0.717) is 5.41 Å². The largest absolute Gasteiger partial charge is 0.381 e. The van der Waals surface area contributed by atoms with Crippen molar-refractivity contribution in [1.82, 2.24) is 10.2 Å². The number of ether oxygens (including phenoxy) is 1. The molecule has 0 bridgehead atoms. The van der Waals surface area contributed by atoms with Gasteiger partial charge in [-0.15, -0.1) is 0 Å². The van der Waals surface area contributed by atoms with E-state index in [-0.39, 0.29) is 0 Å². The van der Waals surface area contributed by atoms with Gasteiger partial charge in [0.15, 0.2) is 0 Å². The summed E-state index contributed by atoms with van der Waals surface area (Å²) in [4.78, 5) is 2.53. The highest BCUT2D eigenvalue weighted by Crippen LogP contribution is 2.30. The molecule has 1 saturated heterocycles. The van der Waals surface area contributed by atoms with Crippen LogP contribution >= 0.6 is 0 Å². The molecule has 20 heavy (non-hydrogen) atoms. The second kappa shape index (κ2) is 9.01. The Morgan fingerprint density at radius 2 is 1.75 bits per heavy atom. The molecule has 0 aromatic rings. The molecule has 3 nitrogen and oxygen atoms in total. The first-order chi connectivity index (χ1) is 9.43. The fraction of sp³-hybridized carbons (Fsp3) is 1.00. The topological polar surface area (TPSA) is 24.5 Å². The van der Waals surface area contributed by atoms with E-state index in [1.807, 2.05) is 0 Å². The summed E-state index contributed by atoms with van der Waals surface area (Å²) in [5.41, 5.74) is 0.416. The van der Waals surface area contributed by atoms with Crippen molar-refractivity contribution in [1.29, 1.82) is 0 Å². The Kier molecular flexibility index (Phi) is 8.08. The molecule has 0 spiro atoms. The van der Waals surface area contributed by atoms with Gasteiger partial charge in [0.25, 0.3) is 0 Å². The van der Waals surface area contributed by atoms with Crippen molar-refractivity contribution in [2.75, 3.05) is 46.4 Å². The molecule has 0 saturated carbocycles. The Hall–Kier alpha value is -0.120. The van der Waals surface area contributed by atoms with Crippen LogP contribution in [0.25, 0.3) is 0 Å². The van der Waals surface area contributed by atoms with Gasteiger partial charge in [-0.2, -0.15) is 0 Å². The minimum Gasteiger partial charge on any atom is -0.381 e. The lowest BCUT2D eigenvalue weighted by molar-refractivity contribution is -0.00125. The zero-order valence-electron chi connectivity index (χ0n) is 14.4. The Bertz CT molecular complexity index is 247. The minimum absolute atomic E-state index is 0.416. The van der Waals surface area contributed by atoms with Crippen LogP contribution in [0.4, 0.5) is 0 Å². The summed E-state index contributed by atoms with van der Waals surface area (Å²) in [6.07, 6.45) is 3.69. The number of nitrogens with zero attached hydrogens (tertiary/aromatic N) is 1. The summed E-state index contributed by atoms with van der Waals surface area (Å²) < 4.78 is 5.59. The highest BCUT2D eigenvalue weighted by Gasteiger charge is 2.33. The SMILES string of the molecule is CC(C)CCN(C)CC1(CNCC(C)C)CCOCC1. The van der Waals surface area contributed by atoms with E-state index < -0.39 is 0 Å². The van der Waals surface area contributed by atoms with Crippen molar-refractivity contribution in [3.8, 4) is 0 Å². The predicted molar refractivity (Wildman–Crippen MR) is 87.1 cm³/mol. The Morgan fingerprint density at radius 1 is 1.10 bits per heavy atom. The van der Waals surface area contributed by atoms with Crippen molar-refractivity contribution in [3.63, 3.8) is 0 Å². The van der Waals surface area contributed by atoms with E-state index in [1.54, 1.807) is 0 Å². The van der Waals surface area contributed by atoms with Gasteiger partial charge in [0.05, 0.1) is 0 Å². The third kappa shape index (κ3) is 7.05. The maximum atomic E-state index is 5.59. The molecular formula is C17H36N2O. The average Bonchev–Trinajstić information content (AvgIpc) is 2.37. The van der Waals surface area contributed by atoms with Gasteiger partial charge in [-0.1, -0.05) is 27.7 Å². The average molecular weight is 284 g/mol. The molecular weight excluding hydrogens is 248 g/mol. The van der Waals surface area contributed by atoms with Gasteiger partial charge in [0.2, 0.25) is 0 Å². The Balaban J connectivity index is 2.45. The summed E-state index contributed by atoms with van der Waals surface area (Å²) in [5.74, 6) is 1.52. The monoisotopic (exact) mass is 284 g/mol. The van der Waals surface area contributed by atoms with E-state index in [1.165, 1.54) is 32.4 Å². The van der Waals surface area contributed by atoms with Crippen LogP contribution in [-0.2, 0) is 4.74 Å². The molecule has 1 N–H and O–H groups in total. The van der Waals surface area contributed by atoms with Crippen LogP contribution in [0, 0.1) is 17.3 Å². The Morgan fingerprint density at radius 3 is 2.30 bits per heavy atom. The van der Waals surface area contributed by atoms with E-state index in [2.05, 4.69) is 45.0 Å². The van der Waals surface area contributed by atoms with Gasteiger partial charge in [0, 0.05) is 26.3 Å². The quantitative estimate of drug-likeness (QED) is 0.704. The molecule has 0 radical (unpaired) electrons. The van der Waals surface area contributed by atoms with Crippen molar-refractivity contribution >= 4 is 0 Å². The second-order valence-electron chi connectivity index (χ2n) is 7.56. The summed E-state index contributed by atoms with van der Waals surface area (Å²) in [6, 6.07) is 0. The smallest absolute Gasteiger partial charge is 0.0472 e. The van der Waals surface area contributed by atoms with Crippen LogP contribution in [0.1, 0.15) is 47.0 Å². The molecule has 0 aliphatic carbocycles. The van der Waals surface area contributed by atoms with Gasteiger partial charge in [-0.3, -0.25) is 0 Å². The van der Waals surface area contributed by atoms with Gasteiger partial charge in [-0.25, -0.2) is 0 Å². The van der Waals surface area contributed by atoms with Crippen molar-refractivity contribution in [3.05, 3.63) is 0 Å². The van der Waals surface area contributed by atoms with E-state index in [4.69, 9.17) is 4.74 Å². The molecule has 120 valence electrons. The summed E-state index contributed by atoms with van der Waals surface area (Å²) >= 11 is 0. The molecule has 0 amide bonds. The molecule has 3 heteroatoms. The summed E-state index contributed by atoms with van der Waals surface area (Å²) in [7, 11) is 2.28. The number of hydrogen-bond acceptors (Lipinski definition) is 3. The lowest BCUT2D eigenvalue weighted by Crippen LogP contribution is -2.47. The molecule has 0 unspecified atom stereocenters. The maximum Gasteiger partial charge on any atom is 0.0472 e. The van der Waals surface area contributed by atoms with Gasteiger partial charge >= 0.3 is 0 Å². The van der Waals surface area contributed by atoms with Crippen molar-refractivity contribution in [2.45, 2.75) is 47.0 Å². The van der Waals surface area contributed by atoms with Crippen LogP contribution in [0.3, 0.4) is 0 Å². The third-order valence-corrected chi connectivity index (χ3v) is 4.30. The van der Waals surface area contributed by atoms with Crippen LogP contribution in [0.5, 0.6) is 0 Å². The van der Waals surface area contributed by atoms with Crippen LogP contribution in [0.15, 0.2) is 0 Å². The predicted octanol–water partition coefficient (Wildman–Crippen LogP) is 3.01. The fourth-order valence-corrected chi connectivity index (χ4v) is 2.95. The normalized spacial score (nSPS) is 19.2. The molecule has 0 atom stereocenters. The zero-order valence-corrected chi connectivity index (χ0v) is 14.4. The van der Waals surface area contributed by atoms with Crippen LogP contribution in [-0.4, -0.2) is 51.3 Å². The standard InChI is InChI=1S/C17H36N2O/c1-15(2)6-9-19(5)14-17(7-10-20-11-8-17)13-18-12-16(3)4/h15-16,18H,6-14H2,1-5H3. The molecule has 1 heterocycles. The highest BCUT2D eigenvalue weighted by molar-refractivity contribution is 4.87. The third-order valence-electron chi connectivity index (χ3n) is 4.30. The molecule has 0 aromatic carbocycles. The number of rotatable bonds is 9. The van der Waals surface area contributed by atoms with Gasteiger partial charge in [-0.05, 0) is 56.7 Å². The van der Waals surface area contributed by atoms with Gasteiger partial charge in [0.1, 0.15) is 0 Å². The number of nitrogens with one attached hydrogen (secondary N) is 1. The minimum atomic E-state index is 0.416. The highest BCUT2D eigenvalue weighted by atomic mass is 16.5. The molecule has 0 aromatic heterocycles. The first-order valence-corrected chi connectivity index (χ1v) is 8.40. The first kappa shape index (κ1) is 17.9. The zero-order chi connectivity index (χ0) is 15.0. The van der Waals surface area contributed by atoms with Gasteiger partial charge < -0.3 is 15.0 Å². The molecule has 1 fully saturated rings.